The Morgan fingerprint density at radius 3 is 2.67 bits per heavy atom. The molecule has 0 unspecified atom stereocenters. The lowest BCUT2D eigenvalue weighted by atomic mass is 10.1. The van der Waals surface area contributed by atoms with Crippen LogP contribution in [0.2, 0.25) is 5.02 Å². The number of benzene rings is 3. The van der Waals surface area contributed by atoms with Crippen molar-refractivity contribution in [3.8, 4) is 17.1 Å². The van der Waals surface area contributed by atoms with E-state index >= 15 is 0 Å². The maximum atomic E-state index is 13.1. The minimum absolute atomic E-state index is 0.178. The van der Waals surface area contributed by atoms with E-state index in [0.29, 0.717) is 44.7 Å². The number of carbonyl (C=O) groups is 2. The van der Waals surface area contributed by atoms with Crippen molar-refractivity contribution in [3.05, 3.63) is 83.0 Å². The first kappa shape index (κ1) is 23.1. The number of nitrogens with zero attached hydrogens (tertiary/aromatic N) is 3. The van der Waals surface area contributed by atoms with Crippen LogP contribution in [0, 0.1) is 0 Å². The molecule has 0 aliphatic heterocycles. The number of fused-ring (bicyclic) bond motifs is 1. The van der Waals surface area contributed by atoms with Gasteiger partial charge in [-0.3, -0.25) is 9.59 Å². The summed E-state index contributed by atoms with van der Waals surface area (Å²) in [5.41, 5.74) is 3.33. The molecular weight excluding hydrogens is 482 g/mol. The third kappa shape index (κ3) is 4.89. The van der Waals surface area contributed by atoms with Gasteiger partial charge in [-0.05, 0) is 53.2 Å². The number of aromatic nitrogens is 5. The number of ether oxygens (including phenoxy) is 1. The Hall–Kier alpha value is -4.70. The lowest BCUT2D eigenvalue weighted by Crippen LogP contribution is -2.15. The summed E-state index contributed by atoms with van der Waals surface area (Å²) in [4.78, 5) is 28.9. The maximum Gasteiger partial charge on any atom is 0.272 e. The highest BCUT2D eigenvalue weighted by Crippen LogP contribution is 2.29. The number of carbonyl (C=O) groups excluding carboxylic acids is 2. The number of hydrogen-bond acceptors (Lipinski definition) is 6. The van der Waals surface area contributed by atoms with Crippen LogP contribution in [-0.2, 0) is 11.2 Å². The topological polar surface area (TPSA) is 138 Å². The predicted molar refractivity (Wildman–Crippen MR) is 136 cm³/mol. The van der Waals surface area contributed by atoms with Gasteiger partial charge in [0.05, 0.1) is 30.4 Å². The number of amides is 2. The van der Waals surface area contributed by atoms with E-state index in [9.17, 15) is 9.59 Å². The molecule has 0 atom stereocenters. The number of halogens is 1. The molecule has 180 valence electrons. The number of rotatable bonds is 7. The highest BCUT2D eigenvalue weighted by atomic mass is 35.5. The first-order chi connectivity index (χ1) is 17.5. The molecule has 0 fully saturated rings. The fourth-order valence-corrected chi connectivity index (χ4v) is 3.99. The van der Waals surface area contributed by atoms with Crippen LogP contribution in [0.4, 0.5) is 11.4 Å². The van der Waals surface area contributed by atoms with Crippen molar-refractivity contribution in [1.29, 1.82) is 0 Å². The van der Waals surface area contributed by atoms with Gasteiger partial charge in [0.1, 0.15) is 11.4 Å². The molecule has 5 rings (SSSR count). The van der Waals surface area contributed by atoms with Gasteiger partial charge in [0, 0.05) is 16.0 Å². The number of hydrogen-bond donors (Lipinski definition) is 4. The molecule has 0 spiro atoms. The first-order valence-electron chi connectivity index (χ1n) is 10.9. The van der Waals surface area contributed by atoms with E-state index in [1.165, 1.54) is 0 Å². The summed E-state index contributed by atoms with van der Waals surface area (Å²) in [6, 6.07) is 19.5. The van der Waals surface area contributed by atoms with Crippen molar-refractivity contribution < 1.29 is 14.3 Å². The average molecular weight is 502 g/mol. The normalized spacial score (nSPS) is 10.8. The van der Waals surface area contributed by atoms with Crippen LogP contribution < -0.4 is 15.4 Å². The van der Waals surface area contributed by atoms with E-state index < -0.39 is 0 Å². The van der Waals surface area contributed by atoms with Gasteiger partial charge in [-0.2, -0.15) is 5.21 Å². The van der Waals surface area contributed by atoms with E-state index in [1.807, 2.05) is 36.4 Å². The van der Waals surface area contributed by atoms with Crippen molar-refractivity contribution >= 4 is 45.7 Å². The Balaban J connectivity index is 1.36. The van der Waals surface area contributed by atoms with Crippen molar-refractivity contribution in [2.45, 2.75) is 6.42 Å². The fourth-order valence-electron chi connectivity index (χ4n) is 3.82. The van der Waals surface area contributed by atoms with Gasteiger partial charge in [0.15, 0.2) is 0 Å². The van der Waals surface area contributed by atoms with Crippen molar-refractivity contribution in [3.63, 3.8) is 0 Å². The largest absolute Gasteiger partial charge is 0.497 e. The van der Waals surface area contributed by atoms with Gasteiger partial charge in [0.25, 0.3) is 5.91 Å². The summed E-state index contributed by atoms with van der Waals surface area (Å²) in [6.45, 7) is 0. The summed E-state index contributed by atoms with van der Waals surface area (Å²) < 4.78 is 5.22. The molecule has 0 saturated heterocycles. The van der Waals surface area contributed by atoms with Gasteiger partial charge < -0.3 is 20.4 Å². The standard InChI is InChI=1S/C25H20ClN7O3/c1-36-17-6-2-4-14(10-17)11-22(34)27-20-7-3-5-15-12-21(28-23(15)20)25(35)29-19-9-8-16(26)13-18(19)24-30-32-33-31-24/h2-10,12-13,28H,11H2,1H3,(H,27,34)(H,29,35)(H,30,31,32,33). The van der Waals surface area contributed by atoms with Crippen LogP contribution in [0.3, 0.4) is 0 Å². The molecule has 0 radical (unpaired) electrons. The van der Waals surface area contributed by atoms with Gasteiger partial charge in [-0.25, -0.2) is 0 Å². The monoisotopic (exact) mass is 501 g/mol. The van der Waals surface area contributed by atoms with E-state index in [4.69, 9.17) is 16.3 Å². The Bertz CT molecular complexity index is 1560. The second kappa shape index (κ2) is 9.88. The van der Waals surface area contributed by atoms with E-state index in [2.05, 4.69) is 36.2 Å². The number of aromatic amines is 2. The molecule has 0 saturated carbocycles. The molecule has 36 heavy (non-hydrogen) atoms. The van der Waals surface area contributed by atoms with Crippen LogP contribution >= 0.6 is 11.6 Å². The summed E-state index contributed by atoms with van der Waals surface area (Å²) in [7, 11) is 1.58. The third-order valence-corrected chi connectivity index (χ3v) is 5.72. The van der Waals surface area contributed by atoms with Crippen molar-refractivity contribution in [2.24, 2.45) is 0 Å². The SMILES string of the molecule is COc1cccc(CC(=O)Nc2cccc3cc(C(=O)Nc4ccc(Cl)cc4-c4nn[nH]n4)[nH]c23)c1. The van der Waals surface area contributed by atoms with Crippen LogP contribution in [0.1, 0.15) is 16.1 Å². The quantitative estimate of drug-likeness (QED) is 0.260. The number of para-hydroxylation sites is 1. The lowest BCUT2D eigenvalue weighted by molar-refractivity contribution is -0.115. The lowest BCUT2D eigenvalue weighted by Gasteiger charge is -2.09. The van der Waals surface area contributed by atoms with Gasteiger partial charge in [-0.1, -0.05) is 35.9 Å². The Labute approximate surface area is 210 Å². The molecule has 0 aliphatic rings. The Kier molecular flexibility index (Phi) is 6.33. The van der Waals surface area contributed by atoms with Gasteiger partial charge >= 0.3 is 0 Å². The third-order valence-electron chi connectivity index (χ3n) is 5.49. The zero-order chi connectivity index (χ0) is 25.1. The summed E-state index contributed by atoms with van der Waals surface area (Å²) >= 11 is 6.12. The molecule has 4 N–H and O–H groups in total. The Morgan fingerprint density at radius 1 is 1.00 bits per heavy atom. The predicted octanol–water partition coefficient (Wildman–Crippen LogP) is 4.44. The smallest absolute Gasteiger partial charge is 0.272 e. The highest BCUT2D eigenvalue weighted by molar-refractivity contribution is 6.31. The number of nitrogens with one attached hydrogen (secondary N) is 4. The number of anilines is 2. The fraction of sp³-hybridized carbons (Fsp3) is 0.0800. The zero-order valence-electron chi connectivity index (χ0n) is 19.0. The molecule has 2 heterocycles. The van der Waals surface area contributed by atoms with Gasteiger partial charge in [0.2, 0.25) is 11.7 Å². The van der Waals surface area contributed by atoms with Crippen LogP contribution in [-0.4, -0.2) is 44.5 Å². The van der Waals surface area contributed by atoms with Crippen LogP contribution in [0.25, 0.3) is 22.3 Å². The van der Waals surface area contributed by atoms with E-state index in [-0.39, 0.29) is 18.2 Å². The number of methoxy groups -OCH3 is 1. The molecule has 2 aromatic heterocycles. The van der Waals surface area contributed by atoms with Crippen LogP contribution in [0.5, 0.6) is 5.75 Å². The first-order valence-corrected chi connectivity index (χ1v) is 11.3. The van der Waals surface area contributed by atoms with Crippen molar-refractivity contribution in [2.75, 3.05) is 17.7 Å². The zero-order valence-corrected chi connectivity index (χ0v) is 19.8. The molecule has 0 bridgehead atoms. The maximum absolute atomic E-state index is 13.1. The molecule has 3 aromatic carbocycles. The molecular formula is C25H20ClN7O3. The molecule has 2 amide bonds. The second-order valence-corrected chi connectivity index (χ2v) is 8.35. The minimum Gasteiger partial charge on any atom is -0.497 e. The summed E-state index contributed by atoms with van der Waals surface area (Å²) in [5, 5.41) is 20.9. The number of H-pyrrole nitrogens is 2. The van der Waals surface area contributed by atoms with Crippen LogP contribution in [0.15, 0.2) is 66.7 Å². The van der Waals surface area contributed by atoms with E-state index in [0.717, 1.165) is 10.9 Å². The Morgan fingerprint density at radius 2 is 1.86 bits per heavy atom. The van der Waals surface area contributed by atoms with Crippen molar-refractivity contribution in [1.82, 2.24) is 25.6 Å². The molecule has 10 nitrogen and oxygen atoms in total. The molecule has 0 aliphatic carbocycles. The van der Waals surface area contributed by atoms with E-state index in [1.54, 1.807) is 37.4 Å². The number of tetrazole rings is 1. The highest BCUT2D eigenvalue weighted by Gasteiger charge is 2.17. The minimum atomic E-state index is -0.382. The average Bonchev–Trinajstić information content (AvgIpc) is 3.56. The molecule has 11 heteroatoms. The summed E-state index contributed by atoms with van der Waals surface area (Å²) in [5.74, 6) is 0.408. The molecule has 5 aromatic rings. The van der Waals surface area contributed by atoms with Gasteiger partial charge in [-0.15, -0.1) is 10.2 Å². The second-order valence-electron chi connectivity index (χ2n) is 7.91. The summed E-state index contributed by atoms with van der Waals surface area (Å²) in [6.07, 6.45) is 0.178.